The lowest BCUT2D eigenvalue weighted by Crippen LogP contribution is -2.01. The molecule has 0 atom stereocenters. The Bertz CT molecular complexity index is 135. The summed E-state index contributed by atoms with van der Waals surface area (Å²) in [5, 5.41) is 8.14. The number of aliphatic hydroxyl groups is 1. The fraction of sp³-hybridized carbons (Fsp3) is 0.750. The first-order valence-electron chi connectivity index (χ1n) is 2.23. The predicted octanol–water partition coefficient (Wildman–Crippen LogP) is -0.425. The molecule has 0 aromatic carbocycles. The van der Waals surface area contributed by atoms with Gasteiger partial charge in [0, 0.05) is 6.61 Å². The highest BCUT2D eigenvalue weighted by molar-refractivity contribution is 7.92. The van der Waals surface area contributed by atoms with E-state index in [1.807, 2.05) is 0 Å². The van der Waals surface area contributed by atoms with Crippen LogP contribution in [0.1, 0.15) is 6.42 Å². The summed E-state index contributed by atoms with van der Waals surface area (Å²) in [4.78, 5) is 0. The lowest BCUT2D eigenvalue weighted by atomic mass is 10.5. The van der Waals surface area contributed by atoms with Crippen molar-refractivity contribution in [3.63, 3.8) is 0 Å². The van der Waals surface area contributed by atoms with Gasteiger partial charge >= 0.3 is 0 Å². The Hall–Kier alpha value is -0.0900. The second kappa shape index (κ2) is 3.04. The maximum absolute atomic E-state index is 10.2. The van der Waals surface area contributed by atoms with Crippen LogP contribution in [-0.4, -0.2) is 25.9 Å². The van der Waals surface area contributed by atoms with Gasteiger partial charge < -0.3 is 5.11 Å². The van der Waals surface area contributed by atoms with Crippen molar-refractivity contribution in [2.45, 2.75) is 6.42 Å². The zero-order valence-electron chi connectivity index (χ0n) is 4.50. The molecule has 0 aliphatic heterocycles. The Labute approximate surface area is 49.3 Å². The first kappa shape index (κ1) is 7.91. The molecule has 0 bridgehead atoms. The van der Waals surface area contributed by atoms with Crippen LogP contribution in [0.3, 0.4) is 0 Å². The molecule has 0 aliphatic rings. The Morgan fingerprint density at radius 1 is 1.50 bits per heavy atom. The number of sulfone groups is 1. The average molecular weight is 137 g/mol. The quantitative estimate of drug-likeness (QED) is 0.574. The van der Waals surface area contributed by atoms with Crippen LogP contribution in [0.5, 0.6) is 0 Å². The summed E-state index contributed by atoms with van der Waals surface area (Å²) in [6, 6.07) is 0. The Balaban J connectivity index is 3.42. The molecule has 0 aromatic rings. The van der Waals surface area contributed by atoms with E-state index in [4.69, 9.17) is 5.11 Å². The third-order valence-corrected chi connectivity index (χ3v) is 1.52. The Kier molecular flexibility index (Phi) is 3.01. The molecular formula is C4H9O3S. The fourth-order valence-electron chi connectivity index (χ4n) is 0.284. The minimum absolute atomic E-state index is 0.0243. The van der Waals surface area contributed by atoms with Gasteiger partial charge in [-0.1, -0.05) is 0 Å². The van der Waals surface area contributed by atoms with Crippen molar-refractivity contribution in [3.8, 4) is 0 Å². The summed E-state index contributed by atoms with van der Waals surface area (Å²) in [6.45, 7) is -0.0885. The number of rotatable bonds is 3. The van der Waals surface area contributed by atoms with Crippen molar-refractivity contribution in [2.24, 2.45) is 0 Å². The molecule has 0 aliphatic carbocycles. The molecule has 0 rings (SSSR count). The molecule has 0 heterocycles. The van der Waals surface area contributed by atoms with Gasteiger partial charge in [-0.05, 0) is 6.42 Å². The standard InChI is InChI=1S/C4H9O3S/c1-8(6,7)4-2-3-5/h5H,1-4H2. The number of aliphatic hydroxyl groups excluding tert-OH is 1. The van der Waals surface area contributed by atoms with Gasteiger partial charge in [-0.15, -0.1) is 0 Å². The molecule has 49 valence electrons. The highest BCUT2D eigenvalue weighted by Gasteiger charge is 1.98. The van der Waals surface area contributed by atoms with Crippen molar-refractivity contribution >= 4 is 9.84 Å². The predicted molar refractivity (Wildman–Crippen MR) is 30.8 cm³/mol. The van der Waals surface area contributed by atoms with Gasteiger partial charge in [0.2, 0.25) is 0 Å². The second-order valence-electron chi connectivity index (χ2n) is 1.52. The summed E-state index contributed by atoms with van der Waals surface area (Å²) in [6.07, 6.45) is 3.15. The van der Waals surface area contributed by atoms with E-state index in [1.54, 1.807) is 0 Å². The number of hydrogen-bond acceptors (Lipinski definition) is 3. The van der Waals surface area contributed by atoms with E-state index in [1.165, 1.54) is 0 Å². The van der Waals surface area contributed by atoms with Crippen molar-refractivity contribution in [2.75, 3.05) is 12.4 Å². The molecule has 0 aromatic heterocycles. The first-order valence-corrected chi connectivity index (χ1v) is 4.05. The van der Waals surface area contributed by atoms with Crippen molar-refractivity contribution in [1.82, 2.24) is 0 Å². The van der Waals surface area contributed by atoms with Gasteiger partial charge in [-0.25, -0.2) is 8.42 Å². The van der Waals surface area contributed by atoms with Gasteiger partial charge in [0.25, 0.3) is 0 Å². The van der Waals surface area contributed by atoms with Crippen molar-refractivity contribution in [3.05, 3.63) is 6.26 Å². The molecular weight excluding hydrogens is 128 g/mol. The lowest BCUT2D eigenvalue weighted by molar-refractivity contribution is 0.295. The summed E-state index contributed by atoms with van der Waals surface area (Å²) >= 11 is 0. The third-order valence-electron chi connectivity index (χ3n) is 0.613. The van der Waals surface area contributed by atoms with E-state index in [-0.39, 0.29) is 18.8 Å². The first-order chi connectivity index (χ1) is 3.56. The van der Waals surface area contributed by atoms with Crippen LogP contribution in [0.15, 0.2) is 0 Å². The van der Waals surface area contributed by atoms with Gasteiger partial charge in [-0.2, -0.15) is 0 Å². The molecule has 1 radical (unpaired) electrons. The minimum Gasteiger partial charge on any atom is -0.396 e. The molecule has 4 heteroatoms. The van der Waals surface area contributed by atoms with Crippen LogP contribution in [0.25, 0.3) is 0 Å². The lowest BCUT2D eigenvalue weighted by Gasteiger charge is -1.90. The van der Waals surface area contributed by atoms with Crippen LogP contribution < -0.4 is 0 Å². The smallest absolute Gasteiger partial charge is 0.151 e. The molecule has 0 saturated heterocycles. The highest BCUT2D eigenvalue weighted by Crippen LogP contribution is 1.87. The van der Waals surface area contributed by atoms with Gasteiger partial charge in [0.05, 0.1) is 12.0 Å². The van der Waals surface area contributed by atoms with E-state index in [9.17, 15) is 8.42 Å². The van der Waals surface area contributed by atoms with E-state index < -0.39 is 9.84 Å². The molecule has 3 nitrogen and oxygen atoms in total. The number of hydrogen-bond donors (Lipinski definition) is 1. The summed E-state index contributed by atoms with van der Waals surface area (Å²) in [5.74, 6) is -0.0243. The van der Waals surface area contributed by atoms with E-state index in [0.29, 0.717) is 0 Å². The SMILES string of the molecule is [CH2]S(=O)(=O)CCCO. The van der Waals surface area contributed by atoms with Gasteiger partial charge in [0.1, 0.15) is 0 Å². The van der Waals surface area contributed by atoms with Crippen molar-refractivity contribution < 1.29 is 13.5 Å². The van der Waals surface area contributed by atoms with Crippen LogP contribution >= 0.6 is 0 Å². The summed E-state index contributed by atoms with van der Waals surface area (Å²) in [7, 11) is -3.10. The molecule has 0 unspecified atom stereocenters. The molecule has 0 saturated carbocycles. The zero-order valence-corrected chi connectivity index (χ0v) is 5.32. The zero-order chi connectivity index (χ0) is 6.62. The maximum atomic E-state index is 10.2. The average Bonchev–Trinajstić information content (AvgIpc) is 1.59. The summed E-state index contributed by atoms with van der Waals surface area (Å²) in [5.41, 5.74) is 0. The molecule has 0 spiro atoms. The Morgan fingerprint density at radius 2 is 2.00 bits per heavy atom. The molecule has 0 fully saturated rings. The second-order valence-corrected chi connectivity index (χ2v) is 3.42. The molecule has 1 N–H and O–H groups in total. The van der Waals surface area contributed by atoms with Crippen LogP contribution in [0.4, 0.5) is 0 Å². The minimum atomic E-state index is -3.10. The van der Waals surface area contributed by atoms with E-state index in [2.05, 4.69) is 6.26 Å². The molecule has 0 amide bonds. The normalized spacial score (nSPS) is 11.8. The van der Waals surface area contributed by atoms with Crippen LogP contribution in [0.2, 0.25) is 0 Å². The maximum Gasteiger partial charge on any atom is 0.151 e. The van der Waals surface area contributed by atoms with Gasteiger partial charge in [-0.3, -0.25) is 0 Å². The molecule has 8 heavy (non-hydrogen) atoms. The van der Waals surface area contributed by atoms with Crippen LogP contribution in [0, 0.1) is 6.26 Å². The highest BCUT2D eigenvalue weighted by atomic mass is 32.2. The summed E-state index contributed by atoms with van der Waals surface area (Å²) < 4.78 is 20.3. The third kappa shape index (κ3) is 5.91. The fourth-order valence-corrected chi connectivity index (χ4v) is 0.853. The topological polar surface area (TPSA) is 54.4 Å². The van der Waals surface area contributed by atoms with E-state index in [0.717, 1.165) is 0 Å². The van der Waals surface area contributed by atoms with Crippen LogP contribution in [-0.2, 0) is 9.84 Å². The largest absolute Gasteiger partial charge is 0.396 e. The monoisotopic (exact) mass is 137 g/mol. The van der Waals surface area contributed by atoms with Gasteiger partial charge in [0.15, 0.2) is 9.84 Å². The van der Waals surface area contributed by atoms with E-state index >= 15 is 0 Å². The van der Waals surface area contributed by atoms with Crippen molar-refractivity contribution in [1.29, 1.82) is 0 Å². The Morgan fingerprint density at radius 3 is 2.12 bits per heavy atom.